The molecule has 0 spiro atoms. The Morgan fingerprint density at radius 2 is 2.08 bits per heavy atom. The number of amides is 1. The number of aromatic nitrogens is 2. The van der Waals surface area contributed by atoms with Crippen LogP contribution in [0.15, 0.2) is 30.3 Å². The average Bonchev–Trinajstić information content (AvgIpc) is 2.97. The lowest BCUT2D eigenvalue weighted by atomic mass is 10.2. The molecule has 1 saturated heterocycles. The molecule has 2 aromatic rings. The summed E-state index contributed by atoms with van der Waals surface area (Å²) in [6, 6.07) is 8.92. The summed E-state index contributed by atoms with van der Waals surface area (Å²) < 4.78 is 32.0. The number of rotatable bonds is 6. The van der Waals surface area contributed by atoms with E-state index in [1.165, 1.54) is 10.7 Å². The summed E-state index contributed by atoms with van der Waals surface area (Å²) in [6.45, 7) is 5.59. The zero-order valence-corrected chi connectivity index (χ0v) is 14.6. The lowest BCUT2D eigenvalue weighted by Gasteiger charge is -2.26. The smallest absolute Gasteiger partial charge is 0.282 e. The Hall–Kier alpha value is -2.32. The highest BCUT2D eigenvalue weighted by Gasteiger charge is 2.15. The largest absolute Gasteiger partial charge is 0.379 e. The van der Waals surface area contributed by atoms with Crippen molar-refractivity contribution in [1.82, 2.24) is 14.7 Å². The first kappa shape index (κ1) is 18.5. The van der Waals surface area contributed by atoms with Gasteiger partial charge in [-0.15, -0.1) is 0 Å². The topological polar surface area (TPSA) is 59.4 Å². The second-order valence-corrected chi connectivity index (χ2v) is 6.31. The van der Waals surface area contributed by atoms with Crippen LogP contribution in [-0.4, -0.2) is 46.9 Å². The Kier molecular flexibility index (Phi) is 5.95. The summed E-state index contributed by atoms with van der Waals surface area (Å²) in [5.74, 6) is -0.305. The van der Waals surface area contributed by atoms with Crippen molar-refractivity contribution in [3.05, 3.63) is 47.3 Å². The number of hydrogen-bond acceptors (Lipinski definition) is 4. The molecule has 0 bridgehead atoms. The molecule has 1 N–H and O–H groups in total. The van der Waals surface area contributed by atoms with E-state index in [1.807, 2.05) is 18.2 Å². The maximum absolute atomic E-state index is 12.7. The maximum atomic E-state index is 12.7. The van der Waals surface area contributed by atoms with Crippen LogP contribution in [0.4, 0.5) is 14.5 Å². The Balaban J connectivity index is 1.59. The van der Waals surface area contributed by atoms with E-state index in [0.717, 1.165) is 38.4 Å². The van der Waals surface area contributed by atoms with Crippen LogP contribution in [0.3, 0.4) is 0 Å². The molecule has 2 heterocycles. The van der Waals surface area contributed by atoms with Gasteiger partial charge in [0, 0.05) is 31.0 Å². The zero-order chi connectivity index (χ0) is 18.5. The van der Waals surface area contributed by atoms with Gasteiger partial charge in [0.05, 0.1) is 13.2 Å². The number of anilines is 1. The van der Waals surface area contributed by atoms with Crippen LogP contribution in [0.5, 0.6) is 0 Å². The quantitative estimate of drug-likeness (QED) is 0.856. The van der Waals surface area contributed by atoms with Crippen molar-refractivity contribution >= 4 is 11.6 Å². The fraction of sp³-hybridized carbons (Fsp3) is 0.444. The molecule has 3 rings (SSSR count). The van der Waals surface area contributed by atoms with Crippen LogP contribution in [-0.2, 0) is 22.6 Å². The van der Waals surface area contributed by atoms with E-state index in [-0.39, 0.29) is 18.1 Å². The Bertz CT molecular complexity index is 757. The molecule has 0 aliphatic carbocycles. The monoisotopic (exact) mass is 364 g/mol. The van der Waals surface area contributed by atoms with Crippen molar-refractivity contribution in [2.75, 3.05) is 31.6 Å². The van der Waals surface area contributed by atoms with Crippen molar-refractivity contribution in [1.29, 1.82) is 0 Å². The number of halogens is 2. The lowest BCUT2D eigenvalue weighted by molar-refractivity contribution is -0.117. The van der Waals surface area contributed by atoms with Crippen LogP contribution < -0.4 is 5.32 Å². The maximum Gasteiger partial charge on any atom is 0.282 e. The Labute approximate surface area is 150 Å². The molecule has 0 atom stereocenters. The van der Waals surface area contributed by atoms with Gasteiger partial charge in [-0.3, -0.25) is 14.4 Å². The highest BCUT2D eigenvalue weighted by molar-refractivity contribution is 5.90. The molecule has 8 heteroatoms. The van der Waals surface area contributed by atoms with Gasteiger partial charge in [-0.2, -0.15) is 5.10 Å². The first-order valence-corrected chi connectivity index (χ1v) is 8.52. The minimum atomic E-state index is -2.64. The van der Waals surface area contributed by atoms with Gasteiger partial charge in [0.2, 0.25) is 5.91 Å². The average molecular weight is 364 g/mol. The third-order valence-electron chi connectivity index (χ3n) is 4.24. The first-order chi connectivity index (χ1) is 12.5. The van der Waals surface area contributed by atoms with Gasteiger partial charge in [0.25, 0.3) is 6.43 Å². The van der Waals surface area contributed by atoms with Gasteiger partial charge in [0.15, 0.2) is 0 Å². The highest BCUT2D eigenvalue weighted by atomic mass is 19.3. The minimum Gasteiger partial charge on any atom is -0.379 e. The number of ether oxygens (including phenoxy) is 1. The molecule has 140 valence electrons. The zero-order valence-electron chi connectivity index (χ0n) is 14.6. The summed E-state index contributed by atoms with van der Waals surface area (Å²) in [4.78, 5) is 14.5. The number of carbonyl (C=O) groups is 1. The van der Waals surface area contributed by atoms with Gasteiger partial charge in [0.1, 0.15) is 12.2 Å². The molecule has 1 aliphatic rings. The third kappa shape index (κ3) is 4.86. The predicted molar refractivity (Wildman–Crippen MR) is 93.1 cm³/mol. The van der Waals surface area contributed by atoms with E-state index >= 15 is 0 Å². The van der Waals surface area contributed by atoms with Gasteiger partial charge < -0.3 is 10.1 Å². The molecular weight excluding hydrogens is 342 g/mol. The number of aryl methyl sites for hydroxylation is 1. The number of hydrogen-bond donors (Lipinski definition) is 1. The Morgan fingerprint density at radius 3 is 2.77 bits per heavy atom. The molecule has 1 aromatic carbocycles. The van der Waals surface area contributed by atoms with E-state index in [0.29, 0.717) is 11.4 Å². The number of alkyl halides is 2. The molecule has 0 saturated carbocycles. The van der Waals surface area contributed by atoms with E-state index in [2.05, 4.69) is 15.3 Å². The standard InChI is InChI=1S/C18H22F2N4O2/c1-13-9-16(18(19)20)22-24(13)12-17(25)21-15-4-2-3-14(10-15)11-23-5-7-26-8-6-23/h2-4,9-10,18H,5-8,11-12H2,1H3,(H,21,25). The normalized spacial score (nSPS) is 15.4. The summed E-state index contributed by atoms with van der Waals surface area (Å²) >= 11 is 0. The summed E-state index contributed by atoms with van der Waals surface area (Å²) in [7, 11) is 0. The van der Waals surface area contributed by atoms with Gasteiger partial charge in [-0.1, -0.05) is 12.1 Å². The second-order valence-electron chi connectivity index (χ2n) is 6.31. The molecule has 26 heavy (non-hydrogen) atoms. The van der Waals surface area contributed by atoms with Gasteiger partial charge in [-0.25, -0.2) is 8.78 Å². The van der Waals surface area contributed by atoms with E-state index in [9.17, 15) is 13.6 Å². The van der Waals surface area contributed by atoms with Crippen molar-refractivity contribution in [2.24, 2.45) is 0 Å². The van der Waals surface area contributed by atoms with Crippen molar-refractivity contribution in [2.45, 2.75) is 26.4 Å². The summed E-state index contributed by atoms with van der Waals surface area (Å²) in [5, 5.41) is 6.58. The SMILES string of the molecule is Cc1cc(C(F)F)nn1CC(=O)Nc1cccc(CN2CCOCC2)c1. The highest BCUT2D eigenvalue weighted by Crippen LogP contribution is 2.18. The fourth-order valence-corrected chi connectivity index (χ4v) is 2.90. The molecular formula is C18H22F2N4O2. The molecule has 1 aromatic heterocycles. The van der Waals surface area contributed by atoms with E-state index in [1.54, 1.807) is 13.0 Å². The van der Waals surface area contributed by atoms with Crippen molar-refractivity contribution < 1.29 is 18.3 Å². The number of nitrogens with one attached hydrogen (secondary N) is 1. The van der Waals surface area contributed by atoms with Crippen molar-refractivity contribution in [3.8, 4) is 0 Å². The molecule has 1 aliphatic heterocycles. The van der Waals surface area contributed by atoms with Crippen LogP contribution in [0.25, 0.3) is 0 Å². The summed E-state index contributed by atoms with van der Waals surface area (Å²) in [6.07, 6.45) is -2.64. The van der Waals surface area contributed by atoms with Crippen molar-refractivity contribution in [3.63, 3.8) is 0 Å². The molecule has 0 unspecified atom stereocenters. The molecule has 0 radical (unpaired) electrons. The second kappa shape index (κ2) is 8.37. The molecule has 6 nitrogen and oxygen atoms in total. The van der Waals surface area contributed by atoms with Crippen LogP contribution in [0.2, 0.25) is 0 Å². The fourth-order valence-electron chi connectivity index (χ4n) is 2.90. The van der Waals surface area contributed by atoms with E-state index < -0.39 is 6.43 Å². The Morgan fingerprint density at radius 1 is 1.31 bits per heavy atom. The molecule has 1 amide bonds. The number of morpholine rings is 1. The van der Waals surface area contributed by atoms with Gasteiger partial charge in [-0.05, 0) is 30.7 Å². The predicted octanol–water partition coefficient (Wildman–Crippen LogP) is 2.60. The van der Waals surface area contributed by atoms with E-state index in [4.69, 9.17) is 4.74 Å². The third-order valence-corrected chi connectivity index (χ3v) is 4.24. The summed E-state index contributed by atoms with van der Waals surface area (Å²) in [5.41, 5.74) is 1.99. The number of carbonyl (C=O) groups excluding carboxylic acids is 1. The number of benzene rings is 1. The molecule has 1 fully saturated rings. The van der Waals surface area contributed by atoms with Gasteiger partial charge >= 0.3 is 0 Å². The number of nitrogens with zero attached hydrogens (tertiary/aromatic N) is 3. The minimum absolute atomic E-state index is 0.105. The van der Waals surface area contributed by atoms with Crippen LogP contribution in [0.1, 0.15) is 23.4 Å². The van der Waals surface area contributed by atoms with Crippen LogP contribution >= 0.6 is 0 Å². The first-order valence-electron chi connectivity index (χ1n) is 8.52. The van der Waals surface area contributed by atoms with Crippen LogP contribution in [0, 0.1) is 6.92 Å². The lowest BCUT2D eigenvalue weighted by Crippen LogP contribution is -2.35.